The van der Waals surface area contributed by atoms with Crippen molar-refractivity contribution < 1.29 is 14.4 Å². The lowest BCUT2D eigenvalue weighted by molar-refractivity contribution is 0.0666. The standard InChI is InChI=1S/C15H20FN3O2/c1-10-9-11(3-4-12(10)16)13(20)19-7-5-15(2,6-8-19)14(17)18-21/h3-4,9,21H,5-8H2,1-2H3,(H2,17,18). The third kappa shape index (κ3) is 2.99. The first-order valence-corrected chi connectivity index (χ1v) is 6.91. The summed E-state index contributed by atoms with van der Waals surface area (Å²) in [6, 6.07) is 4.38. The van der Waals surface area contributed by atoms with E-state index in [1.165, 1.54) is 12.1 Å². The van der Waals surface area contributed by atoms with E-state index in [2.05, 4.69) is 5.16 Å². The number of amides is 1. The second-order valence-corrected chi connectivity index (χ2v) is 5.80. The lowest BCUT2D eigenvalue weighted by Gasteiger charge is -2.38. The van der Waals surface area contributed by atoms with Crippen LogP contribution in [0, 0.1) is 18.2 Å². The molecule has 21 heavy (non-hydrogen) atoms. The number of carbonyl (C=O) groups is 1. The molecule has 1 heterocycles. The van der Waals surface area contributed by atoms with Gasteiger partial charge in [-0.3, -0.25) is 4.79 Å². The summed E-state index contributed by atoms with van der Waals surface area (Å²) in [5.41, 5.74) is 6.27. The van der Waals surface area contributed by atoms with Gasteiger partial charge in [0, 0.05) is 24.1 Å². The molecule has 1 aromatic carbocycles. The fourth-order valence-corrected chi connectivity index (χ4v) is 2.54. The molecule has 0 radical (unpaired) electrons. The molecule has 0 spiro atoms. The summed E-state index contributed by atoms with van der Waals surface area (Å²) in [7, 11) is 0. The zero-order valence-electron chi connectivity index (χ0n) is 12.3. The number of nitrogens with two attached hydrogens (primary N) is 1. The van der Waals surface area contributed by atoms with Gasteiger partial charge < -0.3 is 15.8 Å². The molecule has 0 unspecified atom stereocenters. The molecule has 1 saturated heterocycles. The normalized spacial score (nSPS) is 18.6. The highest BCUT2D eigenvalue weighted by atomic mass is 19.1. The quantitative estimate of drug-likeness (QED) is 0.379. The van der Waals surface area contributed by atoms with Crippen LogP contribution >= 0.6 is 0 Å². The van der Waals surface area contributed by atoms with Crippen LogP contribution in [0.2, 0.25) is 0 Å². The van der Waals surface area contributed by atoms with Crippen molar-refractivity contribution in [2.45, 2.75) is 26.7 Å². The number of nitrogens with zero attached hydrogens (tertiary/aromatic N) is 2. The van der Waals surface area contributed by atoms with E-state index < -0.39 is 0 Å². The summed E-state index contributed by atoms with van der Waals surface area (Å²) in [5.74, 6) is -0.225. The average molecular weight is 293 g/mol. The lowest BCUT2D eigenvalue weighted by Crippen LogP contribution is -2.47. The van der Waals surface area contributed by atoms with E-state index in [0.29, 0.717) is 37.1 Å². The highest BCUT2D eigenvalue weighted by Crippen LogP contribution is 2.31. The Kier molecular flexibility index (Phi) is 4.16. The number of hydrogen-bond acceptors (Lipinski definition) is 3. The van der Waals surface area contributed by atoms with Crippen LogP contribution in [-0.2, 0) is 0 Å². The molecule has 114 valence electrons. The maximum Gasteiger partial charge on any atom is 0.253 e. The van der Waals surface area contributed by atoms with E-state index in [1.54, 1.807) is 17.9 Å². The van der Waals surface area contributed by atoms with Crippen molar-refractivity contribution in [3.8, 4) is 0 Å². The number of benzene rings is 1. The Morgan fingerprint density at radius 1 is 1.43 bits per heavy atom. The highest BCUT2D eigenvalue weighted by molar-refractivity contribution is 5.94. The van der Waals surface area contributed by atoms with Crippen LogP contribution in [0.5, 0.6) is 0 Å². The summed E-state index contributed by atoms with van der Waals surface area (Å²) >= 11 is 0. The molecule has 0 bridgehead atoms. The van der Waals surface area contributed by atoms with E-state index in [9.17, 15) is 9.18 Å². The number of halogens is 1. The van der Waals surface area contributed by atoms with Gasteiger partial charge >= 0.3 is 0 Å². The summed E-state index contributed by atoms with van der Waals surface area (Å²) < 4.78 is 13.3. The van der Waals surface area contributed by atoms with Crippen LogP contribution in [0.1, 0.15) is 35.7 Å². The average Bonchev–Trinajstić information content (AvgIpc) is 2.49. The third-order valence-corrected chi connectivity index (χ3v) is 4.29. The second kappa shape index (κ2) is 5.71. The largest absolute Gasteiger partial charge is 0.409 e. The van der Waals surface area contributed by atoms with Crippen LogP contribution in [-0.4, -0.2) is 34.9 Å². The molecule has 5 nitrogen and oxygen atoms in total. The molecule has 3 N–H and O–H groups in total. The minimum absolute atomic E-state index is 0.111. The number of rotatable bonds is 2. The maximum absolute atomic E-state index is 13.3. The first-order chi connectivity index (χ1) is 9.87. The number of piperidine rings is 1. The van der Waals surface area contributed by atoms with Crippen molar-refractivity contribution >= 4 is 11.7 Å². The van der Waals surface area contributed by atoms with Gasteiger partial charge in [-0.25, -0.2) is 4.39 Å². The molecule has 0 aromatic heterocycles. The number of likely N-dealkylation sites (tertiary alicyclic amines) is 1. The van der Waals surface area contributed by atoms with Gasteiger partial charge in [-0.15, -0.1) is 0 Å². The van der Waals surface area contributed by atoms with Gasteiger partial charge in [0.1, 0.15) is 11.7 Å². The summed E-state index contributed by atoms with van der Waals surface area (Å²) in [4.78, 5) is 14.1. The predicted molar refractivity (Wildman–Crippen MR) is 77.8 cm³/mol. The van der Waals surface area contributed by atoms with E-state index in [-0.39, 0.29) is 23.0 Å². The number of hydrogen-bond donors (Lipinski definition) is 2. The second-order valence-electron chi connectivity index (χ2n) is 5.80. The monoisotopic (exact) mass is 293 g/mol. The van der Waals surface area contributed by atoms with Crippen molar-refractivity contribution in [3.63, 3.8) is 0 Å². The first-order valence-electron chi connectivity index (χ1n) is 6.91. The van der Waals surface area contributed by atoms with Crippen molar-refractivity contribution in [3.05, 3.63) is 35.1 Å². The molecule has 1 aliphatic rings. The molecule has 2 rings (SSSR count). The number of amidine groups is 1. The van der Waals surface area contributed by atoms with Gasteiger partial charge in [-0.1, -0.05) is 12.1 Å². The van der Waals surface area contributed by atoms with Crippen molar-refractivity contribution in [2.75, 3.05) is 13.1 Å². The van der Waals surface area contributed by atoms with Gasteiger partial charge in [0.25, 0.3) is 5.91 Å². The van der Waals surface area contributed by atoms with Gasteiger partial charge in [-0.2, -0.15) is 0 Å². The summed E-state index contributed by atoms with van der Waals surface area (Å²) in [5, 5.41) is 11.9. The van der Waals surface area contributed by atoms with Crippen LogP contribution in [0.3, 0.4) is 0 Å². The van der Waals surface area contributed by atoms with E-state index in [4.69, 9.17) is 10.9 Å². The number of oxime groups is 1. The summed E-state index contributed by atoms with van der Waals surface area (Å²) in [6.07, 6.45) is 1.27. The molecule has 1 aliphatic heterocycles. The smallest absolute Gasteiger partial charge is 0.253 e. The molecule has 1 amide bonds. The third-order valence-electron chi connectivity index (χ3n) is 4.29. The molecule has 0 aliphatic carbocycles. The Balaban J connectivity index is 2.08. The molecule has 6 heteroatoms. The molecule has 0 atom stereocenters. The molecular weight excluding hydrogens is 273 g/mol. The lowest BCUT2D eigenvalue weighted by atomic mass is 9.79. The maximum atomic E-state index is 13.3. The number of aryl methyl sites for hydroxylation is 1. The minimum atomic E-state index is -0.385. The van der Waals surface area contributed by atoms with Crippen molar-refractivity contribution in [1.29, 1.82) is 0 Å². The minimum Gasteiger partial charge on any atom is -0.409 e. The van der Waals surface area contributed by atoms with Crippen LogP contribution in [0.15, 0.2) is 23.4 Å². The fourth-order valence-electron chi connectivity index (χ4n) is 2.54. The fraction of sp³-hybridized carbons (Fsp3) is 0.467. The zero-order valence-corrected chi connectivity index (χ0v) is 12.3. The van der Waals surface area contributed by atoms with Gasteiger partial charge in [-0.05, 0) is 43.5 Å². The van der Waals surface area contributed by atoms with Gasteiger partial charge in [0.05, 0.1) is 0 Å². The Hall–Kier alpha value is -2.11. The predicted octanol–water partition coefficient (Wildman–Crippen LogP) is 2.12. The van der Waals surface area contributed by atoms with E-state index in [1.807, 2.05) is 6.92 Å². The van der Waals surface area contributed by atoms with Crippen LogP contribution < -0.4 is 5.73 Å². The molecule has 0 saturated carbocycles. The highest BCUT2D eigenvalue weighted by Gasteiger charge is 2.35. The Morgan fingerprint density at radius 2 is 2.05 bits per heavy atom. The van der Waals surface area contributed by atoms with Gasteiger partial charge in [0.15, 0.2) is 0 Å². The SMILES string of the molecule is Cc1cc(C(=O)N2CCC(C)(/C(N)=N/O)CC2)ccc1F. The molecule has 1 fully saturated rings. The topological polar surface area (TPSA) is 78.9 Å². The van der Waals surface area contributed by atoms with Crippen LogP contribution in [0.4, 0.5) is 4.39 Å². The first kappa shape index (κ1) is 15.3. The Labute approximate surface area is 123 Å². The van der Waals surface area contributed by atoms with Crippen molar-refractivity contribution in [2.24, 2.45) is 16.3 Å². The van der Waals surface area contributed by atoms with E-state index in [0.717, 1.165) is 0 Å². The molecule has 1 aromatic rings. The van der Waals surface area contributed by atoms with E-state index >= 15 is 0 Å². The van der Waals surface area contributed by atoms with Crippen molar-refractivity contribution in [1.82, 2.24) is 4.90 Å². The zero-order chi connectivity index (χ0) is 15.6. The summed E-state index contributed by atoms with van der Waals surface area (Å²) in [6.45, 7) is 4.62. The number of carbonyl (C=O) groups excluding carboxylic acids is 1. The van der Waals surface area contributed by atoms with Crippen LogP contribution in [0.25, 0.3) is 0 Å². The van der Waals surface area contributed by atoms with Gasteiger partial charge in [0.2, 0.25) is 0 Å². The Bertz CT molecular complexity index is 578. The molecular formula is C15H20FN3O2. The Morgan fingerprint density at radius 3 is 2.57 bits per heavy atom.